The number of rotatable bonds is 16. The molecule has 0 spiro atoms. The lowest BCUT2D eigenvalue weighted by Crippen LogP contribution is -2.61. The summed E-state index contributed by atoms with van der Waals surface area (Å²) >= 11 is 0. The second-order valence-electron chi connectivity index (χ2n) is 33.0. The standard InChI is InChI=1S/C85H104N16O15S/c1-49(86-9)75(103)91-73(84(3,4)5)81(109)98-36-34-68-71(98)70(102)44-59(40-53-20-26-55-16-12-14-18-57(55)38-53)77(105)88-66(79(107)95-117(112,113)64-32-33-64)41-51-22-28-62(29-23-51)116-48-61-46-101(97-94-61)69-35-37-99(82(110)74(85(6,7)8)92-76(104)50(2)87-10)72(69)80(108)89-65(43-54-21-27-56-17-13-15-19-58(56)39-54)78(106)90-67(83(111)114-11)42-52-24-30-63(31-25-52)115-47-60-45-100(68)96-93-60/h12-31,38-39,45-46,49-50,59,64-69,71-74,86-87H,32-37,40-44,47-48H2,1-11H3,(H,88,105)(H,89,108)(H,90,106)(H,91,103)(H,92,104)(H,95,107)/t49-,50-,59+,65-,66-,67-,68+,69+,71-,72-,73+,74+/m0/s1. The summed E-state index contributed by atoms with van der Waals surface area (Å²) in [6, 6.07) is 27.2. The lowest BCUT2D eigenvalue weighted by molar-refractivity contribution is -0.146. The fraction of sp³-hybridized carbons (Fsp3) is 0.459. The summed E-state index contributed by atoms with van der Waals surface area (Å²) < 4.78 is 50.3. The minimum absolute atomic E-state index is 0.00230. The van der Waals surface area contributed by atoms with Gasteiger partial charge in [-0.3, -0.25) is 47.9 Å². The number of aromatic nitrogens is 6. The highest BCUT2D eigenvalue weighted by Crippen LogP contribution is 2.37. The molecule has 2 aromatic heterocycles. The lowest BCUT2D eigenvalue weighted by atomic mass is 9.84. The molecule has 0 radical (unpaired) electrons. The van der Waals surface area contributed by atoms with Crippen LogP contribution in [0.5, 0.6) is 11.5 Å². The van der Waals surface area contributed by atoms with E-state index in [2.05, 4.69) is 62.6 Å². The van der Waals surface area contributed by atoms with Gasteiger partial charge in [-0.25, -0.2) is 22.6 Å². The van der Waals surface area contributed by atoms with E-state index in [4.69, 9.17) is 14.2 Å². The van der Waals surface area contributed by atoms with E-state index in [-0.39, 0.29) is 70.5 Å². The number of sulfonamides is 1. The van der Waals surface area contributed by atoms with Gasteiger partial charge >= 0.3 is 5.97 Å². The van der Waals surface area contributed by atoms with Crippen molar-refractivity contribution in [2.45, 2.75) is 198 Å². The first-order valence-electron chi connectivity index (χ1n) is 39.6. The Morgan fingerprint density at radius 1 is 0.547 bits per heavy atom. The van der Waals surface area contributed by atoms with Crippen LogP contribution in [0.4, 0.5) is 0 Å². The molecule has 6 aromatic carbocycles. The molecular weight excluding hydrogens is 1520 g/mol. The number of fused-ring (bicyclic) bond motifs is 2. The third-order valence-electron chi connectivity index (χ3n) is 22.3. The van der Waals surface area contributed by atoms with Crippen LogP contribution in [-0.4, -0.2) is 201 Å². The van der Waals surface area contributed by atoms with Gasteiger partial charge in [0.2, 0.25) is 51.4 Å². The largest absolute Gasteiger partial charge is 0.487 e. The SMILES string of the molecule is CN[C@@H](C)C(=O)N[C@H](C(=O)N1CC[C@@H]2[C@H]1C(=O)C[C@@H](Cc1ccc3ccccc3c1)C(=O)N[C@H](C(=O)NS(=O)(=O)C1CC1)Cc1ccc(cc1)OCc1cn(nn1)[C@@H]1CCN(C(=O)[C@@H](NC(=O)[C@H](C)NC)C(C)(C)C)[C@@H]1C(=O)N[C@@H](Cc1ccc3ccccc3c1)C(=O)N[C@H](C(=O)OC)Cc1ccc(cc1)OCc1cn2nn1)C(C)(C)C. The second-order valence-corrected chi connectivity index (χ2v) is 35.0. The van der Waals surface area contributed by atoms with E-state index in [1.807, 2.05) is 84.9 Å². The Bertz CT molecular complexity index is 5120. The van der Waals surface area contributed by atoms with Gasteiger partial charge in [0.05, 0.1) is 48.9 Å². The number of hydrogen-bond acceptors (Lipinski definition) is 21. The molecule has 620 valence electrons. The summed E-state index contributed by atoms with van der Waals surface area (Å²) in [6.45, 7) is 13.7. The normalized spacial score (nSPS) is 21.9. The number of likely N-dealkylation sites (N-methyl/N-ethyl adjacent to an activating group) is 2. The number of benzene rings is 6. The molecule has 8 bridgehead atoms. The first-order chi connectivity index (χ1) is 55.7. The number of ether oxygens (including phenoxy) is 3. The van der Waals surface area contributed by atoms with E-state index >= 15 is 28.8 Å². The van der Waals surface area contributed by atoms with Gasteiger partial charge in [-0.2, -0.15) is 0 Å². The number of likely N-dealkylation sites (tertiary alicyclic amines) is 2. The smallest absolute Gasteiger partial charge is 0.328 e. The van der Waals surface area contributed by atoms with Gasteiger partial charge in [0.15, 0.2) is 5.78 Å². The molecule has 8 N–H and O–H groups in total. The Balaban J connectivity index is 0.913. The molecule has 1 aliphatic carbocycles. The van der Waals surface area contributed by atoms with Crippen LogP contribution in [0.3, 0.4) is 0 Å². The quantitative estimate of drug-likeness (QED) is 0.0590. The van der Waals surface area contributed by atoms with E-state index in [0.29, 0.717) is 52.3 Å². The topological polar surface area (TPSA) is 397 Å². The molecule has 15 rings (SSSR count). The number of nitrogens with one attached hydrogen (secondary N) is 8. The summed E-state index contributed by atoms with van der Waals surface area (Å²) in [5, 5.41) is 41.0. The van der Waals surface area contributed by atoms with Crippen molar-refractivity contribution < 1.29 is 70.6 Å². The van der Waals surface area contributed by atoms with E-state index in [1.54, 1.807) is 130 Å². The van der Waals surface area contributed by atoms with Crippen molar-refractivity contribution in [2.75, 3.05) is 34.3 Å². The maximum absolute atomic E-state index is 15.9. The van der Waals surface area contributed by atoms with Crippen LogP contribution in [0.25, 0.3) is 21.5 Å². The molecular formula is C85H104N16O15S. The number of nitrogens with zero attached hydrogens (tertiary/aromatic N) is 8. The van der Waals surface area contributed by atoms with Gasteiger partial charge in [-0.05, 0) is 139 Å². The van der Waals surface area contributed by atoms with Crippen molar-refractivity contribution in [2.24, 2.45) is 16.7 Å². The van der Waals surface area contributed by atoms with Crippen molar-refractivity contribution in [3.05, 3.63) is 179 Å². The van der Waals surface area contributed by atoms with Crippen LogP contribution in [0, 0.1) is 16.7 Å². The van der Waals surface area contributed by atoms with Crippen molar-refractivity contribution in [3.8, 4) is 11.5 Å². The summed E-state index contributed by atoms with van der Waals surface area (Å²) in [6.07, 6.45) is 3.16. The number of esters is 1. The molecule has 1 saturated carbocycles. The van der Waals surface area contributed by atoms with Crippen molar-refractivity contribution in [1.82, 2.24) is 81.7 Å². The Morgan fingerprint density at radius 2 is 1.00 bits per heavy atom. The van der Waals surface area contributed by atoms with Crippen molar-refractivity contribution in [1.29, 1.82) is 0 Å². The monoisotopic (exact) mass is 1620 g/mol. The van der Waals surface area contributed by atoms with Crippen LogP contribution in [0.1, 0.15) is 133 Å². The first kappa shape index (κ1) is 84.9. The van der Waals surface area contributed by atoms with Crippen LogP contribution in [0.2, 0.25) is 0 Å². The Hall–Kier alpha value is -11.5. The molecule has 32 heteroatoms. The summed E-state index contributed by atoms with van der Waals surface area (Å²) in [7, 11) is 0.235. The number of hydrogen-bond donors (Lipinski definition) is 8. The highest BCUT2D eigenvalue weighted by molar-refractivity contribution is 7.91. The van der Waals surface area contributed by atoms with E-state index in [0.717, 1.165) is 21.5 Å². The number of amides is 8. The predicted octanol–water partition coefficient (Wildman–Crippen LogP) is 4.99. The highest BCUT2D eigenvalue weighted by Gasteiger charge is 2.51. The first-order valence-corrected chi connectivity index (χ1v) is 41.1. The Labute approximate surface area is 679 Å². The number of ketones is 1. The molecule has 7 aliphatic rings. The molecule has 8 amide bonds. The Morgan fingerprint density at radius 3 is 1.47 bits per heavy atom. The zero-order valence-electron chi connectivity index (χ0n) is 67.7. The number of carbonyl (C=O) groups excluding carboxylic acids is 10. The highest BCUT2D eigenvalue weighted by atomic mass is 32.2. The second kappa shape index (κ2) is 36.3. The minimum atomic E-state index is -4.19. The number of Topliss-reactive ketones (excluding diaryl/α,β-unsaturated/α-hetero) is 1. The minimum Gasteiger partial charge on any atom is -0.487 e. The molecule has 0 unspecified atom stereocenters. The molecule has 8 heterocycles. The third kappa shape index (κ3) is 20.7. The summed E-state index contributed by atoms with van der Waals surface area (Å²) in [5.74, 6) is -7.29. The molecule has 3 fully saturated rings. The van der Waals surface area contributed by atoms with Gasteiger partial charge < -0.3 is 61.2 Å². The lowest BCUT2D eigenvalue weighted by Gasteiger charge is -2.37. The van der Waals surface area contributed by atoms with E-state index in [9.17, 15) is 27.6 Å². The molecule has 2 saturated heterocycles. The Kier molecular flexibility index (Phi) is 26.4. The van der Waals surface area contributed by atoms with Gasteiger partial charge in [0, 0.05) is 44.7 Å². The molecule has 8 aromatic rings. The van der Waals surface area contributed by atoms with Gasteiger partial charge in [-0.1, -0.05) is 161 Å². The zero-order chi connectivity index (χ0) is 83.8. The van der Waals surface area contributed by atoms with Crippen LogP contribution in [0.15, 0.2) is 146 Å². The summed E-state index contributed by atoms with van der Waals surface area (Å²) in [5.41, 5.74) is 1.14. The molecule has 31 nitrogen and oxygen atoms in total. The average molecular weight is 1620 g/mol. The average Bonchev–Trinajstić information content (AvgIpc) is 1.64. The van der Waals surface area contributed by atoms with Crippen LogP contribution in [-0.2, 0) is 102 Å². The van der Waals surface area contributed by atoms with Crippen molar-refractivity contribution in [3.63, 3.8) is 0 Å². The maximum atomic E-state index is 15.9. The van der Waals surface area contributed by atoms with Gasteiger partial charge in [-0.15, -0.1) is 10.2 Å². The van der Waals surface area contributed by atoms with Gasteiger partial charge in [0.1, 0.15) is 78.4 Å². The number of carbonyl (C=O) groups is 10. The van der Waals surface area contributed by atoms with Gasteiger partial charge in [0.25, 0.3) is 5.91 Å². The zero-order valence-corrected chi connectivity index (χ0v) is 68.5. The maximum Gasteiger partial charge on any atom is 0.328 e. The molecule has 117 heavy (non-hydrogen) atoms. The fourth-order valence-corrected chi connectivity index (χ4v) is 16.5. The third-order valence-corrected chi connectivity index (χ3v) is 24.1. The van der Waals surface area contributed by atoms with Crippen LogP contribution >= 0.6 is 0 Å². The number of methoxy groups -OCH3 is 1. The predicted molar refractivity (Wildman–Crippen MR) is 433 cm³/mol. The fourth-order valence-electron chi connectivity index (χ4n) is 15.2. The van der Waals surface area contributed by atoms with E-state index < -0.39 is 164 Å². The molecule has 12 atom stereocenters. The van der Waals surface area contributed by atoms with Crippen molar-refractivity contribution >= 4 is 90.6 Å². The van der Waals surface area contributed by atoms with E-state index in [1.165, 1.54) is 26.3 Å². The summed E-state index contributed by atoms with van der Waals surface area (Å²) in [4.78, 5) is 152. The van der Waals surface area contributed by atoms with Crippen LogP contribution < -0.4 is 51.4 Å². The molecule has 6 aliphatic heterocycles.